The molecule has 0 aromatic heterocycles. The van der Waals surface area contributed by atoms with Crippen LogP contribution in [-0.2, 0) is 19.1 Å². The van der Waals surface area contributed by atoms with Gasteiger partial charge in [0.1, 0.15) is 0 Å². The molecule has 0 amide bonds. The third-order valence-corrected chi connectivity index (χ3v) is 3.20. The molecule has 0 saturated carbocycles. The molecule has 0 bridgehead atoms. The van der Waals surface area contributed by atoms with Crippen molar-refractivity contribution >= 4 is 11.9 Å². The van der Waals surface area contributed by atoms with Crippen molar-refractivity contribution in [3.05, 3.63) is 35.9 Å². The molecule has 20 heavy (non-hydrogen) atoms. The summed E-state index contributed by atoms with van der Waals surface area (Å²) in [6, 6.07) is 9.53. The predicted octanol–water partition coefficient (Wildman–Crippen LogP) is 3.41. The Morgan fingerprint density at radius 1 is 1.20 bits per heavy atom. The molecule has 1 rings (SSSR count). The van der Waals surface area contributed by atoms with Gasteiger partial charge in [0.15, 0.2) is 0 Å². The van der Waals surface area contributed by atoms with Crippen LogP contribution in [0, 0.1) is 0 Å². The average molecular weight is 278 g/mol. The van der Waals surface area contributed by atoms with E-state index in [1.165, 1.54) is 6.92 Å². The number of hydrogen-bond donors (Lipinski definition) is 0. The molecule has 2 unspecified atom stereocenters. The van der Waals surface area contributed by atoms with Crippen molar-refractivity contribution in [1.82, 2.24) is 0 Å². The number of rotatable bonds is 6. The summed E-state index contributed by atoms with van der Waals surface area (Å²) in [4.78, 5) is 23.1. The Hall–Kier alpha value is -1.84. The standard InChI is InChI=1S/C16H22O4/c1-5-9-15(18)20-16(4,19-13(3)17)12(2)14-10-7-6-8-11-14/h6-8,10-12H,5,9H2,1-4H3. The molecule has 1 aromatic rings. The van der Waals surface area contributed by atoms with Gasteiger partial charge in [0.05, 0.1) is 5.92 Å². The van der Waals surface area contributed by atoms with Crippen LogP contribution < -0.4 is 0 Å². The van der Waals surface area contributed by atoms with Crippen molar-refractivity contribution in [2.75, 3.05) is 0 Å². The molecule has 4 nitrogen and oxygen atoms in total. The molecular weight excluding hydrogens is 256 g/mol. The molecule has 0 aliphatic rings. The minimum absolute atomic E-state index is 0.256. The zero-order valence-electron chi connectivity index (χ0n) is 12.5. The fourth-order valence-corrected chi connectivity index (χ4v) is 2.01. The van der Waals surface area contributed by atoms with Crippen LogP contribution in [0.5, 0.6) is 0 Å². The van der Waals surface area contributed by atoms with E-state index in [9.17, 15) is 9.59 Å². The second kappa shape index (κ2) is 7.08. The van der Waals surface area contributed by atoms with E-state index in [1.807, 2.05) is 44.2 Å². The van der Waals surface area contributed by atoms with E-state index < -0.39 is 11.8 Å². The van der Waals surface area contributed by atoms with E-state index in [4.69, 9.17) is 9.47 Å². The molecule has 0 radical (unpaired) electrons. The lowest BCUT2D eigenvalue weighted by atomic mass is 9.93. The van der Waals surface area contributed by atoms with E-state index in [-0.39, 0.29) is 11.9 Å². The molecule has 0 fully saturated rings. The van der Waals surface area contributed by atoms with Crippen LogP contribution >= 0.6 is 0 Å². The molecular formula is C16H22O4. The summed E-state index contributed by atoms with van der Waals surface area (Å²) in [5, 5.41) is 0. The van der Waals surface area contributed by atoms with E-state index in [1.54, 1.807) is 6.92 Å². The van der Waals surface area contributed by atoms with Gasteiger partial charge in [-0.3, -0.25) is 9.59 Å². The van der Waals surface area contributed by atoms with Gasteiger partial charge in [0.2, 0.25) is 0 Å². The first-order valence-corrected chi connectivity index (χ1v) is 6.85. The highest BCUT2D eigenvalue weighted by Gasteiger charge is 2.39. The largest absolute Gasteiger partial charge is 0.422 e. The van der Waals surface area contributed by atoms with Gasteiger partial charge in [-0.25, -0.2) is 0 Å². The Bertz CT molecular complexity index is 455. The number of esters is 2. The SMILES string of the molecule is CCCC(=O)OC(C)(OC(C)=O)C(C)c1ccccc1. The summed E-state index contributed by atoms with van der Waals surface area (Å²) in [6.45, 7) is 6.70. The Balaban J connectivity index is 2.98. The quantitative estimate of drug-likeness (QED) is 0.591. The Morgan fingerprint density at radius 2 is 1.80 bits per heavy atom. The first kappa shape index (κ1) is 16.2. The first-order chi connectivity index (χ1) is 9.39. The second-order valence-corrected chi connectivity index (χ2v) is 4.97. The van der Waals surface area contributed by atoms with Gasteiger partial charge in [-0.15, -0.1) is 0 Å². The number of benzene rings is 1. The fourth-order valence-electron chi connectivity index (χ4n) is 2.01. The summed E-state index contributed by atoms with van der Waals surface area (Å²) < 4.78 is 10.7. The minimum Gasteiger partial charge on any atom is -0.422 e. The molecule has 0 heterocycles. The number of carbonyl (C=O) groups is 2. The summed E-state index contributed by atoms with van der Waals surface area (Å²) in [7, 11) is 0. The average Bonchev–Trinajstić information content (AvgIpc) is 2.38. The Kier molecular flexibility index (Phi) is 5.74. The van der Waals surface area contributed by atoms with Crippen molar-refractivity contribution < 1.29 is 19.1 Å². The van der Waals surface area contributed by atoms with E-state index in [0.717, 1.165) is 5.56 Å². The molecule has 0 aliphatic heterocycles. The highest BCUT2D eigenvalue weighted by atomic mass is 16.7. The zero-order chi connectivity index (χ0) is 15.2. The minimum atomic E-state index is -1.29. The lowest BCUT2D eigenvalue weighted by molar-refractivity contribution is -0.228. The summed E-state index contributed by atoms with van der Waals surface area (Å²) >= 11 is 0. The van der Waals surface area contributed by atoms with Crippen molar-refractivity contribution in [2.24, 2.45) is 0 Å². The van der Waals surface area contributed by atoms with Gasteiger partial charge in [0.25, 0.3) is 5.79 Å². The maximum Gasteiger partial charge on any atom is 0.309 e. The van der Waals surface area contributed by atoms with Crippen LogP contribution in [0.3, 0.4) is 0 Å². The van der Waals surface area contributed by atoms with Crippen LogP contribution in [-0.4, -0.2) is 17.7 Å². The van der Waals surface area contributed by atoms with Gasteiger partial charge in [-0.1, -0.05) is 44.2 Å². The van der Waals surface area contributed by atoms with Crippen LogP contribution in [0.1, 0.15) is 52.0 Å². The van der Waals surface area contributed by atoms with Crippen molar-refractivity contribution in [3.63, 3.8) is 0 Å². The van der Waals surface area contributed by atoms with Gasteiger partial charge < -0.3 is 9.47 Å². The number of hydrogen-bond acceptors (Lipinski definition) is 4. The van der Waals surface area contributed by atoms with Crippen molar-refractivity contribution in [1.29, 1.82) is 0 Å². The van der Waals surface area contributed by atoms with Crippen molar-refractivity contribution in [3.8, 4) is 0 Å². The van der Waals surface area contributed by atoms with E-state index in [0.29, 0.717) is 12.8 Å². The monoisotopic (exact) mass is 278 g/mol. The summed E-state index contributed by atoms with van der Waals surface area (Å²) in [6.07, 6.45) is 0.993. The number of ether oxygens (including phenoxy) is 2. The predicted molar refractivity (Wildman–Crippen MR) is 76.0 cm³/mol. The third kappa shape index (κ3) is 4.37. The summed E-state index contributed by atoms with van der Waals surface area (Å²) in [5.74, 6) is -2.38. The highest BCUT2D eigenvalue weighted by Crippen LogP contribution is 2.33. The van der Waals surface area contributed by atoms with Crippen LogP contribution in [0.25, 0.3) is 0 Å². The third-order valence-electron chi connectivity index (χ3n) is 3.20. The van der Waals surface area contributed by atoms with Crippen LogP contribution in [0.15, 0.2) is 30.3 Å². The molecule has 0 saturated heterocycles. The molecule has 0 N–H and O–H groups in total. The van der Waals surface area contributed by atoms with E-state index >= 15 is 0 Å². The maximum absolute atomic E-state index is 11.8. The maximum atomic E-state index is 11.8. The van der Waals surface area contributed by atoms with Gasteiger partial charge >= 0.3 is 11.9 Å². The van der Waals surface area contributed by atoms with Crippen LogP contribution in [0.2, 0.25) is 0 Å². The smallest absolute Gasteiger partial charge is 0.309 e. The van der Waals surface area contributed by atoms with Gasteiger partial charge in [-0.2, -0.15) is 0 Å². The van der Waals surface area contributed by atoms with Gasteiger partial charge in [0, 0.05) is 20.3 Å². The molecule has 0 spiro atoms. The number of carbonyl (C=O) groups excluding carboxylic acids is 2. The van der Waals surface area contributed by atoms with Crippen molar-refractivity contribution in [2.45, 2.75) is 52.2 Å². The topological polar surface area (TPSA) is 52.6 Å². The zero-order valence-corrected chi connectivity index (χ0v) is 12.5. The Morgan fingerprint density at radius 3 is 2.30 bits per heavy atom. The lowest BCUT2D eigenvalue weighted by Crippen LogP contribution is -2.41. The van der Waals surface area contributed by atoms with E-state index in [2.05, 4.69) is 0 Å². The molecule has 4 heteroatoms. The normalized spacial score (nSPS) is 15.0. The first-order valence-electron chi connectivity index (χ1n) is 6.85. The fraction of sp³-hybridized carbons (Fsp3) is 0.500. The molecule has 0 aliphatic carbocycles. The van der Waals surface area contributed by atoms with Gasteiger partial charge in [-0.05, 0) is 12.0 Å². The Labute approximate surface area is 120 Å². The molecule has 1 aromatic carbocycles. The van der Waals surface area contributed by atoms with Crippen LogP contribution in [0.4, 0.5) is 0 Å². The lowest BCUT2D eigenvalue weighted by Gasteiger charge is -2.34. The second-order valence-electron chi connectivity index (χ2n) is 4.97. The summed E-state index contributed by atoms with van der Waals surface area (Å²) in [5.41, 5.74) is 0.945. The molecule has 110 valence electrons. The molecule has 2 atom stereocenters. The highest BCUT2D eigenvalue weighted by molar-refractivity contribution is 5.71.